The summed E-state index contributed by atoms with van der Waals surface area (Å²) in [5, 5.41) is 4.40. The van der Waals surface area contributed by atoms with Gasteiger partial charge in [-0.3, -0.25) is 4.98 Å². The van der Waals surface area contributed by atoms with Crippen LogP contribution in [0, 0.1) is 13.8 Å². The molecule has 0 unspecified atom stereocenters. The second kappa shape index (κ2) is 6.09. The molecule has 124 valence electrons. The Bertz CT molecular complexity index is 869. The van der Waals surface area contributed by atoms with E-state index in [1.807, 2.05) is 26.0 Å². The molecule has 3 aromatic rings. The van der Waals surface area contributed by atoms with Gasteiger partial charge in [0.2, 0.25) is 5.95 Å². The van der Waals surface area contributed by atoms with Crippen LogP contribution in [0.25, 0.3) is 11.0 Å². The summed E-state index contributed by atoms with van der Waals surface area (Å²) in [6, 6.07) is 5.98. The molecule has 2 N–H and O–H groups in total. The zero-order valence-corrected chi connectivity index (χ0v) is 13.8. The molecule has 1 fully saturated rings. The van der Waals surface area contributed by atoms with Gasteiger partial charge in [0.25, 0.3) is 0 Å². The lowest BCUT2D eigenvalue weighted by molar-refractivity contribution is 0.122. The van der Waals surface area contributed by atoms with Crippen molar-refractivity contribution in [3.05, 3.63) is 35.8 Å². The number of anilines is 3. The van der Waals surface area contributed by atoms with E-state index < -0.39 is 0 Å². The zero-order valence-electron chi connectivity index (χ0n) is 13.8. The van der Waals surface area contributed by atoms with E-state index in [1.54, 1.807) is 6.20 Å². The molecule has 0 spiro atoms. The minimum Gasteiger partial charge on any atom is -0.378 e. The molecule has 0 saturated carbocycles. The number of ether oxygens (including phenoxy) is 1. The van der Waals surface area contributed by atoms with Gasteiger partial charge in [0, 0.05) is 25.0 Å². The average molecular weight is 324 g/mol. The fourth-order valence-corrected chi connectivity index (χ4v) is 2.87. The molecule has 0 amide bonds. The van der Waals surface area contributed by atoms with Gasteiger partial charge in [-0.2, -0.15) is 9.97 Å². The number of aromatic nitrogens is 4. The van der Waals surface area contributed by atoms with Crippen molar-refractivity contribution in [3.63, 3.8) is 0 Å². The van der Waals surface area contributed by atoms with Crippen molar-refractivity contribution in [2.24, 2.45) is 0 Å². The number of H-pyrrole nitrogens is 1. The number of fused-ring (bicyclic) bond motifs is 1. The van der Waals surface area contributed by atoms with Gasteiger partial charge in [-0.15, -0.1) is 0 Å². The van der Waals surface area contributed by atoms with Crippen molar-refractivity contribution in [2.45, 2.75) is 13.8 Å². The molecule has 4 rings (SSSR count). The summed E-state index contributed by atoms with van der Waals surface area (Å²) < 4.78 is 5.43. The lowest BCUT2D eigenvalue weighted by atomic mass is 10.3. The Balaban J connectivity index is 1.78. The van der Waals surface area contributed by atoms with Crippen LogP contribution in [0.2, 0.25) is 0 Å². The molecule has 0 aliphatic carbocycles. The molecule has 1 saturated heterocycles. The Morgan fingerprint density at radius 2 is 2.04 bits per heavy atom. The van der Waals surface area contributed by atoms with Crippen LogP contribution < -0.4 is 10.2 Å². The fraction of sp³-hybridized carbons (Fsp3) is 0.353. The van der Waals surface area contributed by atoms with Crippen molar-refractivity contribution >= 4 is 28.5 Å². The second-order valence-electron chi connectivity index (χ2n) is 5.95. The SMILES string of the molecule is Cc1cc2c(Nc3cccnc3C)nc(N3CCOCC3)nc2[nH]1. The van der Waals surface area contributed by atoms with Crippen LogP contribution >= 0.6 is 0 Å². The topological polar surface area (TPSA) is 79.0 Å². The summed E-state index contributed by atoms with van der Waals surface area (Å²) in [6.07, 6.45) is 1.79. The Morgan fingerprint density at radius 3 is 2.83 bits per heavy atom. The predicted molar refractivity (Wildman–Crippen MR) is 93.9 cm³/mol. The fourth-order valence-electron chi connectivity index (χ4n) is 2.87. The van der Waals surface area contributed by atoms with Crippen LogP contribution in [-0.4, -0.2) is 46.2 Å². The highest BCUT2D eigenvalue weighted by Crippen LogP contribution is 2.28. The monoisotopic (exact) mass is 324 g/mol. The van der Waals surface area contributed by atoms with Crippen LogP contribution in [0.4, 0.5) is 17.5 Å². The molecule has 3 aromatic heterocycles. The second-order valence-corrected chi connectivity index (χ2v) is 5.95. The summed E-state index contributed by atoms with van der Waals surface area (Å²) in [5.41, 5.74) is 3.78. The lowest BCUT2D eigenvalue weighted by Gasteiger charge is -2.27. The molecule has 0 aromatic carbocycles. The molecule has 1 aliphatic heterocycles. The quantitative estimate of drug-likeness (QED) is 0.771. The maximum atomic E-state index is 5.43. The lowest BCUT2D eigenvalue weighted by Crippen LogP contribution is -2.37. The first-order valence-electron chi connectivity index (χ1n) is 8.09. The highest BCUT2D eigenvalue weighted by atomic mass is 16.5. The van der Waals surface area contributed by atoms with E-state index in [9.17, 15) is 0 Å². The maximum absolute atomic E-state index is 5.43. The van der Waals surface area contributed by atoms with Crippen molar-refractivity contribution in [2.75, 3.05) is 36.5 Å². The first kappa shape index (κ1) is 14.9. The van der Waals surface area contributed by atoms with Crippen molar-refractivity contribution < 1.29 is 4.74 Å². The number of nitrogens with one attached hydrogen (secondary N) is 2. The minimum absolute atomic E-state index is 0.704. The summed E-state index contributed by atoms with van der Waals surface area (Å²) >= 11 is 0. The summed E-state index contributed by atoms with van der Waals surface area (Å²) in [6.45, 7) is 7.01. The van der Waals surface area contributed by atoms with Crippen LogP contribution in [0.1, 0.15) is 11.4 Å². The number of aromatic amines is 1. The number of aryl methyl sites for hydroxylation is 2. The Kier molecular flexibility index (Phi) is 3.78. The zero-order chi connectivity index (χ0) is 16.5. The first-order chi connectivity index (χ1) is 11.7. The Labute approximate surface area is 140 Å². The van der Waals surface area contributed by atoms with E-state index in [-0.39, 0.29) is 0 Å². The number of pyridine rings is 1. The van der Waals surface area contributed by atoms with E-state index >= 15 is 0 Å². The van der Waals surface area contributed by atoms with Crippen molar-refractivity contribution in [1.29, 1.82) is 0 Å². The molecule has 0 bridgehead atoms. The normalized spacial score (nSPS) is 15.0. The molecular weight excluding hydrogens is 304 g/mol. The molecule has 0 atom stereocenters. The first-order valence-corrected chi connectivity index (χ1v) is 8.09. The van der Waals surface area contributed by atoms with Gasteiger partial charge in [0.15, 0.2) is 0 Å². The van der Waals surface area contributed by atoms with Crippen molar-refractivity contribution in [1.82, 2.24) is 19.9 Å². The van der Waals surface area contributed by atoms with E-state index in [0.29, 0.717) is 13.2 Å². The number of rotatable bonds is 3. The molecule has 0 radical (unpaired) electrons. The number of morpholine rings is 1. The van der Waals surface area contributed by atoms with E-state index in [2.05, 4.69) is 26.3 Å². The van der Waals surface area contributed by atoms with Gasteiger partial charge in [-0.25, -0.2) is 0 Å². The third kappa shape index (κ3) is 2.78. The largest absolute Gasteiger partial charge is 0.378 e. The van der Waals surface area contributed by atoms with Crippen molar-refractivity contribution in [3.8, 4) is 0 Å². The third-order valence-electron chi connectivity index (χ3n) is 4.16. The van der Waals surface area contributed by atoms with Gasteiger partial charge in [0.05, 0.1) is 30.0 Å². The Morgan fingerprint density at radius 1 is 1.21 bits per heavy atom. The van der Waals surface area contributed by atoms with E-state index in [4.69, 9.17) is 14.7 Å². The molecule has 4 heterocycles. The highest BCUT2D eigenvalue weighted by Gasteiger charge is 2.18. The summed E-state index contributed by atoms with van der Waals surface area (Å²) in [7, 11) is 0. The average Bonchev–Trinajstić information content (AvgIpc) is 2.98. The highest BCUT2D eigenvalue weighted by molar-refractivity contribution is 5.91. The minimum atomic E-state index is 0.704. The Hall–Kier alpha value is -2.67. The van der Waals surface area contributed by atoms with E-state index in [1.165, 1.54) is 0 Å². The van der Waals surface area contributed by atoms with Gasteiger partial charge < -0.3 is 19.9 Å². The summed E-state index contributed by atoms with van der Waals surface area (Å²) in [5.74, 6) is 1.51. The number of hydrogen-bond donors (Lipinski definition) is 2. The number of hydrogen-bond acceptors (Lipinski definition) is 6. The number of nitrogens with zero attached hydrogens (tertiary/aromatic N) is 4. The standard InChI is InChI=1S/C17H20N6O/c1-11-10-13-15(19-11)21-17(23-6-8-24-9-7-23)22-16(13)20-14-4-3-5-18-12(14)2/h3-5,10H,6-9H2,1-2H3,(H2,19,20,21,22). The van der Waals surface area contributed by atoms with Gasteiger partial charge in [-0.1, -0.05) is 0 Å². The van der Waals surface area contributed by atoms with Gasteiger partial charge in [-0.05, 0) is 32.0 Å². The molecule has 7 nitrogen and oxygen atoms in total. The van der Waals surface area contributed by atoms with Gasteiger partial charge >= 0.3 is 0 Å². The van der Waals surface area contributed by atoms with Crippen LogP contribution in [0.15, 0.2) is 24.4 Å². The molecule has 7 heteroatoms. The van der Waals surface area contributed by atoms with Gasteiger partial charge in [0.1, 0.15) is 11.5 Å². The van der Waals surface area contributed by atoms with Crippen LogP contribution in [0.3, 0.4) is 0 Å². The van der Waals surface area contributed by atoms with E-state index in [0.717, 1.165) is 53.0 Å². The van der Waals surface area contributed by atoms with Crippen LogP contribution in [-0.2, 0) is 4.74 Å². The third-order valence-corrected chi connectivity index (χ3v) is 4.16. The van der Waals surface area contributed by atoms with Crippen LogP contribution in [0.5, 0.6) is 0 Å². The molecular formula is C17H20N6O. The molecule has 24 heavy (non-hydrogen) atoms. The summed E-state index contributed by atoms with van der Waals surface area (Å²) in [4.78, 5) is 19.3. The molecule has 1 aliphatic rings. The maximum Gasteiger partial charge on any atom is 0.229 e. The smallest absolute Gasteiger partial charge is 0.229 e. The predicted octanol–water partition coefficient (Wildman–Crippen LogP) is 2.55.